The monoisotopic (exact) mass is 367 g/mol. The van der Waals surface area contributed by atoms with Gasteiger partial charge in [0, 0.05) is 6.54 Å². The number of nitrogens with zero attached hydrogens (tertiary/aromatic N) is 3. The topological polar surface area (TPSA) is 85.8 Å². The average Bonchev–Trinajstić information content (AvgIpc) is 3.00. The van der Waals surface area contributed by atoms with Crippen LogP contribution in [-0.2, 0) is 11.3 Å². The van der Waals surface area contributed by atoms with Gasteiger partial charge in [-0.3, -0.25) is 9.36 Å². The number of hydrogen-bond donors (Lipinski definition) is 2. The zero-order valence-corrected chi connectivity index (χ0v) is 15.4. The van der Waals surface area contributed by atoms with Gasteiger partial charge in [-0.2, -0.15) is 0 Å². The van der Waals surface area contributed by atoms with Gasteiger partial charge in [0.15, 0.2) is 5.16 Å². The van der Waals surface area contributed by atoms with E-state index in [1.165, 1.54) is 17.1 Å². The van der Waals surface area contributed by atoms with E-state index in [1.54, 1.807) is 10.6 Å². The first-order chi connectivity index (χ1) is 12.6. The van der Waals surface area contributed by atoms with Gasteiger partial charge < -0.3 is 11.1 Å². The molecule has 1 amide bonds. The molecule has 26 heavy (non-hydrogen) atoms. The van der Waals surface area contributed by atoms with E-state index in [2.05, 4.69) is 46.4 Å². The number of fused-ring (bicyclic) bond motifs is 1. The van der Waals surface area contributed by atoms with Crippen LogP contribution in [0.4, 0.5) is 5.95 Å². The second-order valence-electron chi connectivity index (χ2n) is 5.92. The van der Waals surface area contributed by atoms with Gasteiger partial charge in [-0.25, -0.2) is 0 Å². The average molecular weight is 367 g/mol. The fourth-order valence-corrected chi connectivity index (χ4v) is 3.45. The van der Waals surface area contributed by atoms with Crippen molar-refractivity contribution in [2.24, 2.45) is 0 Å². The van der Waals surface area contributed by atoms with Crippen LogP contribution in [0.2, 0.25) is 0 Å². The van der Waals surface area contributed by atoms with E-state index in [0.29, 0.717) is 17.6 Å². The summed E-state index contributed by atoms with van der Waals surface area (Å²) in [6.45, 7) is 6.17. The van der Waals surface area contributed by atoms with Gasteiger partial charge in [-0.1, -0.05) is 54.2 Å². The highest BCUT2D eigenvalue weighted by molar-refractivity contribution is 7.99. The lowest BCUT2D eigenvalue weighted by molar-refractivity contribution is -0.119. The Kier molecular flexibility index (Phi) is 5.58. The lowest BCUT2D eigenvalue weighted by atomic mass is 10.0. The number of allylic oxidation sites excluding steroid dienone is 1. The van der Waals surface area contributed by atoms with Crippen molar-refractivity contribution < 1.29 is 4.79 Å². The molecule has 0 fully saturated rings. The van der Waals surface area contributed by atoms with Crippen molar-refractivity contribution in [1.29, 1.82) is 0 Å². The maximum Gasteiger partial charge on any atom is 0.230 e. The fourth-order valence-electron chi connectivity index (χ4n) is 2.68. The van der Waals surface area contributed by atoms with E-state index < -0.39 is 0 Å². The van der Waals surface area contributed by atoms with Gasteiger partial charge in [-0.05, 0) is 29.3 Å². The molecule has 2 aromatic carbocycles. The lowest BCUT2D eigenvalue weighted by Gasteiger charge is -2.15. The molecule has 6 nitrogen and oxygen atoms in total. The first kappa shape index (κ1) is 18.0. The molecule has 1 unspecified atom stereocenters. The summed E-state index contributed by atoms with van der Waals surface area (Å²) in [4.78, 5) is 12.3. The zero-order valence-electron chi connectivity index (χ0n) is 14.6. The Morgan fingerprint density at radius 1 is 1.31 bits per heavy atom. The molecule has 1 atom stereocenters. The van der Waals surface area contributed by atoms with Crippen molar-refractivity contribution >= 4 is 34.4 Å². The van der Waals surface area contributed by atoms with Gasteiger partial charge in [0.1, 0.15) is 0 Å². The molecule has 3 N–H and O–H groups in total. The summed E-state index contributed by atoms with van der Waals surface area (Å²) >= 11 is 1.31. The molecule has 3 aromatic rings. The third-order valence-electron chi connectivity index (χ3n) is 4.04. The molecule has 3 rings (SSSR count). The number of amides is 1. The predicted molar refractivity (Wildman–Crippen MR) is 106 cm³/mol. The van der Waals surface area contributed by atoms with Crippen LogP contribution >= 0.6 is 11.8 Å². The van der Waals surface area contributed by atoms with Gasteiger partial charge in [-0.15, -0.1) is 16.8 Å². The summed E-state index contributed by atoms with van der Waals surface area (Å²) in [6, 6.07) is 14.3. The molecule has 0 aliphatic carbocycles. The van der Waals surface area contributed by atoms with E-state index in [-0.39, 0.29) is 17.7 Å². The quantitative estimate of drug-likeness (QED) is 0.495. The van der Waals surface area contributed by atoms with Crippen molar-refractivity contribution in [3.63, 3.8) is 0 Å². The number of aromatic nitrogens is 3. The van der Waals surface area contributed by atoms with Crippen molar-refractivity contribution in [2.45, 2.75) is 24.7 Å². The third-order valence-corrected chi connectivity index (χ3v) is 5.01. The summed E-state index contributed by atoms with van der Waals surface area (Å²) in [6.07, 6.45) is 1.71. The summed E-state index contributed by atoms with van der Waals surface area (Å²) in [5.74, 6) is 0.493. The van der Waals surface area contributed by atoms with Crippen molar-refractivity contribution in [1.82, 2.24) is 20.1 Å². The lowest BCUT2D eigenvalue weighted by Crippen LogP contribution is -2.28. The first-order valence-electron chi connectivity index (χ1n) is 8.29. The molecule has 0 radical (unpaired) electrons. The van der Waals surface area contributed by atoms with Crippen LogP contribution in [0.5, 0.6) is 0 Å². The molecule has 0 spiro atoms. The van der Waals surface area contributed by atoms with E-state index >= 15 is 0 Å². The third kappa shape index (κ3) is 4.05. The van der Waals surface area contributed by atoms with E-state index in [4.69, 9.17) is 5.73 Å². The largest absolute Gasteiger partial charge is 0.368 e. The number of thioether (sulfide) groups is 1. The maximum absolute atomic E-state index is 12.3. The molecular formula is C19H21N5OS. The van der Waals surface area contributed by atoms with Crippen molar-refractivity contribution in [3.05, 3.63) is 60.7 Å². The van der Waals surface area contributed by atoms with Gasteiger partial charge in [0.2, 0.25) is 11.9 Å². The summed E-state index contributed by atoms with van der Waals surface area (Å²) in [5, 5.41) is 13.8. The Hall–Kier alpha value is -2.80. The van der Waals surface area contributed by atoms with Crippen LogP contribution in [0, 0.1) is 0 Å². The van der Waals surface area contributed by atoms with Crippen LogP contribution in [0.25, 0.3) is 10.8 Å². The number of anilines is 1. The zero-order chi connectivity index (χ0) is 18.5. The molecule has 0 saturated carbocycles. The summed E-state index contributed by atoms with van der Waals surface area (Å²) in [5.41, 5.74) is 6.83. The minimum absolute atomic E-state index is 0.0672. The minimum atomic E-state index is -0.0798. The first-order valence-corrected chi connectivity index (χ1v) is 9.27. The number of nitrogen functional groups attached to an aromatic ring is 1. The number of hydrogen-bond acceptors (Lipinski definition) is 5. The Labute approximate surface area is 156 Å². The highest BCUT2D eigenvalue weighted by Gasteiger charge is 2.14. The molecule has 0 aliphatic rings. The highest BCUT2D eigenvalue weighted by atomic mass is 32.2. The van der Waals surface area contributed by atoms with Crippen LogP contribution in [0.15, 0.2) is 60.3 Å². The molecule has 0 saturated heterocycles. The Morgan fingerprint density at radius 3 is 2.85 bits per heavy atom. The summed E-state index contributed by atoms with van der Waals surface area (Å²) < 4.78 is 1.72. The Balaban J connectivity index is 1.61. The number of benzene rings is 2. The minimum Gasteiger partial charge on any atom is -0.368 e. The normalized spacial score (nSPS) is 12.0. The van der Waals surface area contributed by atoms with E-state index in [9.17, 15) is 4.79 Å². The van der Waals surface area contributed by atoms with Crippen molar-refractivity contribution in [3.8, 4) is 0 Å². The molecule has 7 heteroatoms. The molecule has 1 heterocycles. The Bertz CT molecular complexity index is 937. The smallest absolute Gasteiger partial charge is 0.230 e. The molecule has 134 valence electrons. The van der Waals surface area contributed by atoms with Crippen LogP contribution in [-0.4, -0.2) is 26.4 Å². The maximum atomic E-state index is 12.3. The predicted octanol–water partition coefficient (Wildman–Crippen LogP) is 3.17. The Morgan fingerprint density at radius 2 is 2.08 bits per heavy atom. The van der Waals surface area contributed by atoms with Crippen LogP contribution < -0.4 is 11.1 Å². The second kappa shape index (κ2) is 8.05. The van der Waals surface area contributed by atoms with Crippen molar-refractivity contribution in [2.75, 3.05) is 11.5 Å². The molecule has 1 aromatic heterocycles. The fraction of sp³-hybridized carbons (Fsp3) is 0.211. The molecular weight excluding hydrogens is 346 g/mol. The number of rotatable bonds is 7. The van der Waals surface area contributed by atoms with Crippen LogP contribution in [0.1, 0.15) is 18.5 Å². The molecule has 0 aliphatic heterocycles. The van der Waals surface area contributed by atoms with E-state index in [0.717, 1.165) is 10.9 Å². The standard InChI is InChI=1S/C19H21N5OS/c1-3-10-24-18(20)22-23-19(24)26-12-17(25)21-13(2)15-9-8-14-6-4-5-7-16(14)11-15/h3-9,11,13H,1,10,12H2,2H3,(H2,20,22)(H,21,25). The number of nitrogens with two attached hydrogens (primary N) is 1. The number of carbonyl (C=O) groups excluding carboxylic acids is 1. The SMILES string of the molecule is C=CCn1c(N)nnc1SCC(=O)NC(C)c1ccc2ccccc2c1. The van der Waals surface area contributed by atoms with E-state index in [1.807, 2.05) is 25.1 Å². The van der Waals surface area contributed by atoms with Gasteiger partial charge in [0.25, 0.3) is 0 Å². The van der Waals surface area contributed by atoms with Crippen LogP contribution in [0.3, 0.4) is 0 Å². The summed E-state index contributed by atoms with van der Waals surface area (Å²) in [7, 11) is 0. The van der Waals surface area contributed by atoms with Gasteiger partial charge in [0.05, 0.1) is 11.8 Å². The van der Waals surface area contributed by atoms with Gasteiger partial charge >= 0.3 is 0 Å². The number of carbonyl (C=O) groups is 1. The second-order valence-corrected chi connectivity index (χ2v) is 6.87. The highest BCUT2D eigenvalue weighted by Crippen LogP contribution is 2.21. The number of nitrogens with one attached hydrogen (secondary N) is 1. The molecule has 0 bridgehead atoms.